The van der Waals surface area contributed by atoms with Crippen molar-refractivity contribution in [3.05, 3.63) is 24.4 Å². The third kappa shape index (κ3) is 2.43. The Kier molecular flexibility index (Phi) is 2.84. The van der Waals surface area contributed by atoms with E-state index in [1.165, 1.54) is 17.9 Å². The highest BCUT2D eigenvalue weighted by atomic mass is 16.2. The van der Waals surface area contributed by atoms with Crippen molar-refractivity contribution in [2.45, 2.75) is 6.92 Å². The summed E-state index contributed by atoms with van der Waals surface area (Å²) in [6.07, 6.45) is 3.13. The molecular formula is C9H12N2O2. The molecule has 0 unspecified atom stereocenters. The van der Waals surface area contributed by atoms with E-state index < -0.39 is 0 Å². The van der Waals surface area contributed by atoms with E-state index in [2.05, 4.69) is 11.9 Å². The third-order valence-electron chi connectivity index (χ3n) is 1.74. The van der Waals surface area contributed by atoms with E-state index in [0.29, 0.717) is 18.8 Å². The molecule has 0 atom stereocenters. The van der Waals surface area contributed by atoms with Gasteiger partial charge in [-0.15, -0.1) is 0 Å². The van der Waals surface area contributed by atoms with E-state index >= 15 is 0 Å². The minimum absolute atomic E-state index is 0.0737. The molecule has 0 fully saturated rings. The fourth-order valence-electron chi connectivity index (χ4n) is 1.09. The van der Waals surface area contributed by atoms with Gasteiger partial charge in [0.05, 0.1) is 0 Å². The summed E-state index contributed by atoms with van der Waals surface area (Å²) in [5.74, 6) is -0.166. The number of carbonyl (C=O) groups is 2. The number of hydrogen-bond donors (Lipinski definition) is 1. The van der Waals surface area contributed by atoms with Gasteiger partial charge in [0.1, 0.15) is 0 Å². The van der Waals surface area contributed by atoms with E-state index in [1.54, 1.807) is 6.08 Å². The van der Waals surface area contributed by atoms with Gasteiger partial charge in [0.25, 0.3) is 5.91 Å². The van der Waals surface area contributed by atoms with Gasteiger partial charge in [-0.05, 0) is 6.08 Å². The highest BCUT2D eigenvalue weighted by molar-refractivity contribution is 5.93. The number of amides is 2. The van der Waals surface area contributed by atoms with Crippen molar-refractivity contribution in [2.24, 2.45) is 0 Å². The second-order valence-corrected chi connectivity index (χ2v) is 2.80. The van der Waals surface area contributed by atoms with Crippen molar-refractivity contribution in [1.29, 1.82) is 0 Å². The van der Waals surface area contributed by atoms with Crippen molar-refractivity contribution >= 4 is 11.8 Å². The molecule has 0 spiro atoms. The fourth-order valence-corrected chi connectivity index (χ4v) is 1.09. The fraction of sp³-hybridized carbons (Fsp3) is 0.333. The lowest BCUT2D eigenvalue weighted by Crippen LogP contribution is -2.33. The van der Waals surface area contributed by atoms with Crippen molar-refractivity contribution < 1.29 is 9.59 Å². The Hall–Kier alpha value is -1.58. The largest absolute Gasteiger partial charge is 0.355 e. The maximum absolute atomic E-state index is 11.1. The average Bonchev–Trinajstić information content (AvgIpc) is 2.34. The van der Waals surface area contributed by atoms with Crippen LogP contribution in [-0.4, -0.2) is 29.8 Å². The lowest BCUT2D eigenvalue weighted by atomic mass is 10.4. The number of hydrogen-bond acceptors (Lipinski definition) is 2. The van der Waals surface area contributed by atoms with Crippen LogP contribution in [0.3, 0.4) is 0 Å². The second kappa shape index (κ2) is 3.89. The first kappa shape index (κ1) is 9.51. The van der Waals surface area contributed by atoms with Crippen molar-refractivity contribution in [1.82, 2.24) is 10.2 Å². The molecule has 0 radical (unpaired) electrons. The van der Waals surface area contributed by atoms with Gasteiger partial charge in [0.2, 0.25) is 5.91 Å². The van der Waals surface area contributed by atoms with Gasteiger partial charge in [-0.1, -0.05) is 6.58 Å². The smallest absolute Gasteiger partial charge is 0.251 e. The summed E-state index contributed by atoms with van der Waals surface area (Å²) in [6.45, 7) is 6.07. The van der Waals surface area contributed by atoms with E-state index in [0.717, 1.165) is 0 Å². The zero-order valence-corrected chi connectivity index (χ0v) is 7.54. The first-order valence-electron chi connectivity index (χ1n) is 4.04. The molecule has 0 aliphatic carbocycles. The standard InChI is InChI=1S/C9H12N2O2/c1-7-3-4-9(13)11(7)6-5-10-8(2)12/h3-4H,1,5-6H2,2H3,(H,10,12). The van der Waals surface area contributed by atoms with E-state index in [4.69, 9.17) is 0 Å². The van der Waals surface area contributed by atoms with Gasteiger partial charge >= 0.3 is 0 Å². The van der Waals surface area contributed by atoms with Crippen LogP contribution < -0.4 is 5.32 Å². The Balaban J connectivity index is 2.34. The normalized spacial score (nSPS) is 15.3. The number of carbonyl (C=O) groups excluding carboxylic acids is 2. The predicted molar refractivity (Wildman–Crippen MR) is 48.7 cm³/mol. The zero-order valence-electron chi connectivity index (χ0n) is 7.54. The minimum Gasteiger partial charge on any atom is -0.355 e. The van der Waals surface area contributed by atoms with Crippen molar-refractivity contribution in [3.63, 3.8) is 0 Å². The zero-order chi connectivity index (χ0) is 9.84. The highest BCUT2D eigenvalue weighted by Crippen LogP contribution is 2.11. The topological polar surface area (TPSA) is 49.4 Å². The molecule has 4 heteroatoms. The number of allylic oxidation sites excluding steroid dienone is 1. The summed E-state index contributed by atoms with van der Waals surface area (Å²) in [5.41, 5.74) is 0.676. The first-order chi connectivity index (χ1) is 6.11. The van der Waals surface area contributed by atoms with Gasteiger partial charge in [-0.2, -0.15) is 0 Å². The van der Waals surface area contributed by atoms with Crippen molar-refractivity contribution in [3.8, 4) is 0 Å². The third-order valence-corrected chi connectivity index (χ3v) is 1.74. The van der Waals surface area contributed by atoms with Gasteiger partial charge < -0.3 is 10.2 Å². The van der Waals surface area contributed by atoms with Crippen LogP contribution in [0.25, 0.3) is 0 Å². The van der Waals surface area contributed by atoms with Crippen LogP contribution in [0.1, 0.15) is 6.92 Å². The van der Waals surface area contributed by atoms with Crippen LogP contribution in [0.5, 0.6) is 0 Å². The summed E-state index contributed by atoms with van der Waals surface area (Å²) >= 11 is 0. The molecule has 1 aliphatic heterocycles. The second-order valence-electron chi connectivity index (χ2n) is 2.80. The summed E-state index contributed by atoms with van der Waals surface area (Å²) in [7, 11) is 0. The number of nitrogens with one attached hydrogen (secondary N) is 1. The lowest BCUT2D eigenvalue weighted by Gasteiger charge is -2.16. The van der Waals surface area contributed by atoms with Crippen LogP contribution in [-0.2, 0) is 9.59 Å². The van der Waals surface area contributed by atoms with Crippen LogP contribution in [0.4, 0.5) is 0 Å². The minimum atomic E-state index is -0.0924. The van der Waals surface area contributed by atoms with Crippen LogP contribution in [0, 0.1) is 0 Å². The SMILES string of the molecule is C=C1C=CC(=O)N1CCNC(C)=O. The molecule has 1 heterocycles. The molecule has 0 bridgehead atoms. The van der Waals surface area contributed by atoms with E-state index in [1.807, 2.05) is 0 Å². The Morgan fingerprint density at radius 1 is 1.62 bits per heavy atom. The Bertz CT molecular complexity index is 263. The highest BCUT2D eigenvalue weighted by Gasteiger charge is 2.17. The monoisotopic (exact) mass is 180 g/mol. The van der Waals surface area contributed by atoms with Crippen LogP contribution in [0.2, 0.25) is 0 Å². The van der Waals surface area contributed by atoms with Gasteiger partial charge in [0, 0.05) is 31.8 Å². The van der Waals surface area contributed by atoms with Gasteiger partial charge in [-0.25, -0.2) is 0 Å². The Labute approximate surface area is 76.9 Å². The molecule has 70 valence electrons. The first-order valence-corrected chi connectivity index (χ1v) is 4.04. The molecule has 13 heavy (non-hydrogen) atoms. The summed E-state index contributed by atoms with van der Waals surface area (Å²) in [5, 5.41) is 2.61. The average molecular weight is 180 g/mol. The Morgan fingerprint density at radius 3 is 2.77 bits per heavy atom. The maximum atomic E-state index is 11.1. The molecule has 0 saturated carbocycles. The predicted octanol–water partition coefficient (Wildman–Crippen LogP) is 0.0346. The maximum Gasteiger partial charge on any atom is 0.251 e. The van der Waals surface area contributed by atoms with E-state index in [-0.39, 0.29) is 11.8 Å². The molecule has 1 aliphatic rings. The molecule has 0 aromatic rings. The van der Waals surface area contributed by atoms with Crippen LogP contribution in [0.15, 0.2) is 24.4 Å². The summed E-state index contributed by atoms with van der Waals surface area (Å²) in [6, 6.07) is 0. The molecular weight excluding hydrogens is 168 g/mol. The summed E-state index contributed by atoms with van der Waals surface area (Å²) < 4.78 is 0. The Morgan fingerprint density at radius 2 is 2.31 bits per heavy atom. The molecule has 0 aromatic carbocycles. The molecule has 1 N–H and O–H groups in total. The number of rotatable bonds is 3. The molecule has 0 aromatic heterocycles. The molecule has 2 amide bonds. The van der Waals surface area contributed by atoms with Gasteiger partial charge in [0.15, 0.2) is 0 Å². The molecule has 1 rings (SSSR count). The molecule has 4 nitrogen and oxygen atoms in total. The van der Waals surface area contributed by atoms with Crippen LogP contribution >= 0.6 is 0 Å². The lowest BCUT2D eigenvalue weighted by molar-refractivity contribution is -0.124. The molecule has 0 saturated heterocycles. The van der Waals surface area contributed by atoms with E-state index in [9.17, 15) is 9.59 Å². The van der Waals surface area contributed by atoms with Gasteiger partial charge in [-0.3, -0.25) is 9.59 Å². The summed E-state index contributed by atoms with van der Waals surface area (Å²) in [4.78, 5) is 23.2. The quantitative estimate of drug-likeness (QED) is 0.666. The van der Waals surface area contributed by atoms with Crippen molar-refractivity contribution in [2.75, 3.05) is 13.1 Å². The number of nitrogens with zero attached hydrogens (tertiary/aromatic N) is 1.